The lowest BCUT2D eigenvalue weighted by Gasteiger charge is -2.39. The monoisotopic (exact) mass is 251 g/mol. The van der Waals surface area contributed by atoms with E-state index in [-0.39, 0.29) is 17.9 Å². The van der Waals surface area contributed by atoms with Crippen LogP contribution in [0.1, 0.15) is 38.4 Å². The second-order valence-corrected chi connectivity index (χ2v) is 5.38. The lowest BCUT2D eigenvalue weighted by atomic mass is 9.94. The predicted octanol–water partition coefficient (Wildman–Crippen LogP) is 2.34. The first kappa shape index (κ1) is 13.4. The van der Waals surface area contributed by atoms with Crippen molar-refractivity contribution in [3.63, 3.8) is 0 Å². The van der Waals surface area contributed by atoms with Gasteiger partial charge in [0.2, 0.25) is 0 Å². The van der Waals surface area contributed by atoms with E-state index < -0.39 is 0 Å². The number of aromatic nitrogens is 1. The normalized spacial score (nSPS) is 27.1. The van der Waals surface area contributed by atoms with Crippen molar-refractivity contribution in [1.29, 1.82) is 0 Å². The molecule has 1 aromatic heterocycles. The highest BCUT2D eigenvalue weighted by Gasteiger charge is 2.28. The van der Waals surface area contributed by atoms with Gasteiger partial charge in [-0.05, 0) is 30.9 Å². The van der Waals surface area contributed by atoms with E-state index in [0.717, 1.165) is 31.6 Å². The van der Waals surface area contributed by atoms with Gasteiger partial charge in [-0.2, -0.15) is 0 Å². The largest absolute Gasteiger partial charge is 0.327 e. The van der Waals surface area contributed by atoms with Gasteiger partial charge in [0.15, 0.2) is 0 Å². The highest BCUT2D eigenvalue weighted by atomic mass is 19.1. The molecule has 2 heterocycles. The molecule has 3 nitrogen and oxygen atoms in total. The average Bonchev–Trinajstić information content (AvgIpc) is 2.31. The minimum atomic E-state index is -0.280. The Morgan fingerprint density at radius 2 is 2.28 bits per heavy atom. The van der Waals surface area contributed by atoms with Crippen LogP contribution in [0.2, 0.25) is 0 Å². The number of likely N-dealkylation sites (tertiary alicyclic amines) is 1. The molecule has 0 spiro atoms. The number of nitrogens with two attached hydrogens (primary N) is 1. The van der Waals surface area contributed by atoms with E-state index in [9.17, 15) is 4.39 Å². The third-order valence-corrected chi connectivity index (χ3v) is 3.64. The van der Waals surface area contributed by atoms with E-state index in [0.29, 0.717) is 5.92 Å². The number of piperidine rings is 1. The number of halogens is 1. The fourth-order valence-electron chi connectivity index (χ4n) is 2.94. The van der Waals surface area contributed by atoms with Crippen LogP contribution in [0.15, 0.2) is 18.3 Å². The molecule has 1 aliphatic rings. The first-order valence-electron chi connectivity index (χ1n) is 6.71. The lowest BCUT2D eigenvalue weighted by Crippen LogP contribution is -2.47. The van der Waals surface area contributed by atoms with Crippen molar-refractivity contribution in [3.05, 3.63) is 29.8 Å². The molecule has 3 unspecified atom stereocenters. The fraction of sp³-hybridized carbons (Fsp3) is 0.643. The molecule has 2 rings (SSSR count). The molecule has 1 aromatic rings. The van der Waals surface area contributed by atoms with Gasteiger partial charge in [-0.1, -0.05) is 13.8 Å². The summed E-state index contributed by atoms with van der Waals surface area (Å²) in [6.45, 7) is 6.32. The molecule has 18 heavy (non-hydrogen) atoms. The van der Waals surface area contributed by atoms with Crippen LogP contribution in [0, 0.1) is 11.7 Å². The fourth-order valence-corrected chi connectivity index (χ4v) is 2.94. The van der Waals surface area contributed by atoms with Crippen LogP contribution in [0.3, 0.4) is 0 Å². The van der Waals surface area contributed by atoms with Crippen molar-refractivity contribution in [2.24, 2.45) is 11.7 Å². The summed E-state index contributed by atoms with van der Waals surface area (Å²) in [5.41, 5.74) is 7.03. The van der Waals surface area contributed by atoms with Gasteiger partial charge in [-0.25, -0.2) is 4.39 Å². The van der Waals surface area contributed by atoms with E-state index in [1.807, 2.05) is 0 Å². The van der Waals surface area contributed by atoms with E-state index in [1.165, 1.54) is 12.3 Å². The molecule has 0 radical (unpaired) electrons. The second kappa shape index (κ2) is 5.76. The zero-order valence-electron chi connectivity index (χ0n) is 11.1. The molecule has 0 aliphatic carbocycles. The molecular formula is C14H22FN3. The van der Waals surface area contributed by atoms with Crippen molar-refractivity contribution >= 4 is 0 Å². The van der Waals surface area contributed by atoms with Gasteiger partial charge in [0.25, 0.3) is 0 Å². The van der Waals surface area contributed by atoms with Crippen molar-refractivity contribution < 1.29 is 4.39 Å². The van der Waals surface area contributed by atoms with E-state index >= 15 is 0 Å². The first-order chi connectivity index (χ1) is 8.60. The van der Waals surface area contributed by atoms with Gasteiger partial charge in [0, 0.05) is 19.1 Å². The summed E-state index contributed by atoms with van der Waals surface area (Å²) in [5, 5.41) is 0. The third kappa shape index (κ3) is 3.06. The van der Waals surface area contributed by atoms with E-state index in [2.05, 4.69) is 23.7 Å². The van der Waals surface area contributed by atoms with Gasteiger partial charge in [-0.3, -0.25) is 9.88 Å². The Morgan fingerprint density at radius 1 is 1.50 bits per heavy atom. The van der Waals surface area contributed by atoms with Crippen LogP contribution < -0.4 is 5.73 Å². The minimum Gasteiger partial charge on any atom is -0.327 e. The molecule has 0 aromatic carbocycles. The molecule has 100 valence electrons. The molecule has 4 heteroatoms. The highest BCUT2D eigenvalue weighted by molar-refractivity contribution is 5.10. The predicted molar refractivity (Wildman–Crippen MR) is 70.6 cm³/mol. The Hall–Kier alpha value is -1.00. The summed E-state index contributed by atoms with van der Waals surface area (Å²) in [7, 11) is 0. The summed E-state index contributed by atoms with van der Waals surface area (Å²) in [6, 6.07) is 3.76. The first-order valence-corrected chi connectivity index (χ1v) is 6.71. The maximum atomic E-state index is 12.9. The van der Waals surface area contributed by atoms with Crippen LogP contribution in [0.5, 0.6) is 0 Å². The Morgan fingerprint density at radius 3 is 2.83 bits per heavy atom. The second-order valence-electron chi connectivity index (χ2n) is 5.38. The molecule has 1 aliphatic heterocycles. The van der Waals surface area contributed by atoms with Gasteiger partial charge >= 0.3 is 0 Å². The average molecular weight is 251 g/mol. The van der Waals surface area contributed by atoms with Crippen LogP contribution in [-0.2, 0) is 0 Å². The molecule has 2 N–H and O–H groups in total. The Bertz CT molecular complexity index is 369. The number of pyridine rings is 1. The third-order valence-electron chi connectivity index (χ3n) is 3.64. The van der Waals surface area contributed by atoms with E-state index in [4.69, 9.17) is 5.73 Å². The molecule has 0 bridgehead atoms. The summed E-state index contributed by atoms with van der Waals surface area (Å²) in [6.07, 6.45) is 3.35. The summed E-state index contributed by atoms with van der Waals surface area (Å²) in [5.74, 6) is 0.334. The maximum Gasteiger partial charge on any atom is 0.141 e. The summed E-state index contributed by atoms with van der Waals surface area (Å²) >= 11 is 0. The van der Waals surface area contributed by atoms with Gasteiger partial charge in [0.05, 0.1) is 17.9 Å². The minimum absolute atomic E-state index is 0.239. The molecule has 0 saturated carbocycles. The standard InChI is InChI=1S/C14H22FN3/c1-3-14(13-5-4-11(15)7-17-13)18-8-10(2)6-12(16)9-18/h4-5,7,10,12,14H,3,6,8-9,16H2,1-2H3. The van der Waals surface area contributed by atoms with Gasteiger partial charge < -0.3 is 5.73 Å². The Labute approximate surface area is 108 Å². The zero-order valence-corrected chi connectivity index (χ0v) is 11.1. The van der Waals surface area contributed by atoms with Crippen LogP contribution >= 0.6 is 0 Å². The number of nitrogens with zero attached hydrogens (tertiary/aromatic N) is 2. The van der Waals surface area contributed by atoms with Gasteiger partial charge in [-0.15, -0.1) is 0 Å². The maximum absolute atomic E-state index is 12.9. The Kier molecular flexibility index (Phi) is 4.30. The lowest BCUT2D eigenvalue weighted by molar-refractivity contribution is 0.110. The Balaban J connectivity index is 2.14. The topological polar surface area (TPSA) is 42.2 Å². The molecule has 0 amide bonds. The van der Waals surface area contributed by atoms with E-state index in [1.54, 1.807) is 6.07 Å². The quantitative estimate of drug-likeness (QED) is 0.896. The zero-order chi connectivity index (χ0) is 13.1. The molecular weight excluding hydrogens is 229 g/mol. The van der Waals surface area contributed by atoms with Crippen molar-refractivity contribution in [1.82, 2.24) is 9.88 Å². The van der Waals surface area contributed by atoms with Crippen molar-refractivity contribution in [2.45, 2.75) is 38.8 Å². The van der Waals surface area contributed by atoms with Crippen LogP contribution in [-0.4, -0.2) is 29.0 Å². The molecule has 1 fully saturated rings. The number of hydrogen-bond donors (Lipinski definition) is 1. The van der Waals surface area contributed by atoms with Gasteiger partial charge in [0.1, 0.15) is 5.82 Å². The van der Waals surface area contributed by atoms with Crippen molar-refractivity contribution in [2.75, 3.05) is 13.1 Å². The smallest absolute Gasteiger partial charge is 0.141 e. The highest BCUT2D eigenvalue weighted by Crippen LogP contribution is 2.27. The molecule has 1 saturated heterocycles. The summed E-state index contributed by atoms with van der Waals surface area (Å²) < 4.78 is 12.9. The molecule has 3 atom stereocenters. The summed E-state index contributed by atoms with van der Waals surface area (Å²) in [4.78, 5) is 6.61. The van der Waals surface area contributed by atoms with Crippen LogP contribution in [0.4, 0.5) is 4.39 Å². The number of rotatable bonds is 3. The number of hydrogen-bond acceptors (Lipinski definition) is 3. The van der Waals surface area contributed by atoms with Crippen LogP contribution in [0.25, 0.3) is 0 Å². The SMILES string of the molecule is CCC(c1ccc(F)cn1)N1CC(C)CC(N)C1. The van der Waals surface area contributed by atoms with Crippen molar-refractivity contribution in [3.8, 4) is 0 Å².